The largest absolute Gasteiger partial charge is 0.507 e. The number of Topliss-reactive ketones (excluding diaryl/α,β-unsaturated/α-hetero) is 1. The van der Waals surface area contributed by atoms with Gasteiger partial charge in [0.15, 0.2) is 0 Å². The minimum absolute atomic E-state index is 0.0298. The summed E-state index contributed by atoms with van der Waals surface area (Å²) in [5, 5.41) is 19.0. The summed E-state index contributed by atoms with van der Waals surface area (Å²) in [6, 6.07) is 2.67. The maximum absolute atomic E-state index is 11.5. The van der Waals surface area contributed by atoms with E-state index in [1.807, 2.05) is 0 Å². The fourth-order valence-corrected chi connectivity index (χ4v) is 1.76. The van der Waals surface area contributed by atoms with Crippen LogP contribution >= 0.6 is 0 Å². The van der Waals surface area contributed by atoms with Gasteiger partial charge in [0.05, 0.1) is 5.92 Å². The number of ether oxygens (including phenoxy) is 1. The molecule has 1 aromatic rings. The van der Waals surface area contributed by atoms with Crippen LogP contribution in [-0.2, 0) is 27.4 Å². The Morgan fingerprint density at radius 1 is 1.24 bits per heavy atom. The van der Waals surface area contributed by atoms with Crippen molar-refractivity contribution >= 4 is 17.7 Å². The van der Waals surface area contributed by atoms with Crippen molar-refractivity contribution in [3.8, 4) is 5.75 Å². The minimum atomic E-state index is -1.29. The van der Waals surface area contributed by atoms with E-state index in [1.54, 1.807) is 13.8 Å². The SMILES string of the molecule is CC(=O)Cc1ccc(C(=O)O)c(O)c1COC(=O)C(C)C. The van der Waals surface area contributed by atoms with E-state index in [2.05, 4.69) is 0 Å². The first-order valence-corrected chi connectivity index (χ1v) is 6.47. The van der Waals surface area contributed by atoms with E-state index in [0.29, 0.717) is 5.56 Å². The molecule has 0 bridgehead atoms. The number of esters is 1. The standard InChI is InChI=1S/C15H18O6/c1-8(2)15(20)21-7-12-10(6-9(3)16)4-5-11(13(12)17)14(18)19/h4-5,8,17H,6-7H2,1-3H3,(H,18,19). The highest BCUT2D eigenvalue weighted by molar-refractivity contribution is 5.92. The van der Waals surface area contributed by atoms with Crippen LogP contribution in [-0.4, -0.2) is 27.9 Å². The number of benzene rings is 1. The number of hydrogen-bond donors (Lipinski definition) is 2. The molecule has 114 valence electrons. The van der Waals surface area contributed by atoms with E-state index in [-0.39, 0.29) is 35.9 Å². The van der Waals surface area contributed by atoms with Gasteiger partial charge in [0.2, 0.25) is 0 Å². The van der Waals surface area contributed by atoms with Gasteiger partial charge in [0.25, 0.3) is 0 Å². The number of rotatable bonds is 6. The first-order valence-electron chi connectivity index (χ1n) is 6.47. The quantitative estimate of drug-likeness (QED) is 0.777. The summed E-state index contributed by atoms with van der Waals surface area (Å²) in [6.45, 7) is 4.43. The smallest absolute Gasteiger partial charge is 0.339 e. The number of phenols is 1. The summed E-state index contributed by atoms with van der Waals surface area (Å²) in [6.07, 6.45) is 0.0298. The molecule has 0 aliphatic carbocycles. The minimum Gasteiger partial charge on any atom is -0.507 e. The molecule has 0 atom stereocenters. The molecule has 21 heavy (non-hydrogen) atoms. The lowest BCUT2D eigenvalue weighted by atomic mass is 9.99. The fraction of sp³-hybridized carbons (Fsp3) is 0.400. The van der Waals surface area contributed by atoms with Crippen LogP contribution in [0, 0.1) is 5.92 Å². The Labute approximate surface area is 122 Å². The normalized spacial score (nSPS) is 10.5. The van der Waals surface area contributed by atoms with Gasteiger partial charge in [-0.25, -0.2) is 4.79 Å². The summed E-state index contributed by atoms with van der Waals surface area (Å²) in [5.41, 5.74) is 0.304. The second-order valence-corrected chi connectivity index (χ2v) is 5.05. The van der Waals surface area contributed by atoms with Gasteiger partial charge in [0, 0.05) is 12.0 Å². The highest BCUT2D eigenvalue weighted by atomic mass is 16.5. The lowest BCUT2D eigenvalue weighted by Gasteiger charge is -2.14. The number of carbonyl (C=O) groups is 3. The molecule has 6 nitrogen and oxygen atoms in total. The second-order valence-electron chi connectivity index (χ2n) is 5.05. The Morgan fingerprint density at radius 3 is 2.33 bits per heavy atom. The molecule has 1 rings (SSSR count). The van der Waals surface area contributed by atoms with Gasteiger partial charge in [-0.2, -0.15) is 0 Å². The van der Waals surface area contributed by atoms with E-state index < -0.39 is 17.7 Å². The molecule has 6 heteroatoms. The van der Waals surface area contributed by atoms with E-state index >= 15 is 0 Å². The van der Waals surface area contributed by atoms with Crippen molar-refractivity contribution in [2.24, 2.45) is 5.92 Å². The first-order chi connectivity index (χ1) is 9.73. The molecule has 0 amide bonds. The predicted octanol–water partition coefficient (Wildman–Crippen LogP) is 1.92. The third-order valence-corrected chi connectivity index (χ3v) is 2.88. The molecule has 0 aromatic heterocycles. The van der Waals surface area contributed by atoms with Crippen LogP contribution in [0.3, 0.4) is 0 Å². The maximum Gasteiger partial charge on any atom is 0.339 e. The van der Waals surface area contributed by atoms with E-state index in [0.717, 1.165) is 0 Å². The number of carboxylic acids is 1. The summed E-state index contributed by atoms with van der Waals surface area (Å²) in [4.78, 5) is 33.7. The van der Waals surface area contributed by atoms with Crippen molar-refractivity contribution < 1.29 is 29.3 Å². The summed E-state index contributed by atoms with van der Waals surface area (Å²) in [5.74, 6) is -2.72. The van der Waals surface area contributed by atoms with Crippen molar-refractivity contribution in [2.75, 3.05) is 0 Å². The van der Waals surface area contributed by atoms with Gasteiger partial charge in [0.1, 0.15) is 23.7 Å². The van der Waals surface area contributed by atoms with Gasteiger partial charge in [-0.15, -0.1) is 0 Å². The number of ketones is 1. The molecule has 0 fully saturated rings. The predicted molar refractivity (Wildman–Crippen MR) is 74.1 cm³/mol. The third-order valence-electron chi connectivity index (χ3n) is 2.88. The van der Waals surface area contributed by atoms with Gasteiger partial charge < -0.3 is 14.9 Å². The molecule has 0 aliphatic rings. The van der Waals surface area contributed by atoms with Gasteiger partial charge in [-0.1, -0.05) is 19.9 Å². The van der Waals surface area contributed by atoms with Gasteiger partial charge in [-0.3, -0.25) is 9.59 Å². The highest BCUT2D eigenvalue weighted by Gasteiger charge is 2.19. The van der Waals surface area contributed by atoms with Crippen LogP contribution in [0.1, 0.15) is 42.3 Å². The average molecular weight is 294 g/mol. The van der Waals surface area contributed by atoms with E-state index in [9.17, 15) is 19.5 Å². The average Bonchev–Trinajstić information content (AvgIpc) is 2.36. The zero-order valence-corrected chi connectivity index (χ0v) is 12.2. The van der Waals surface area contributed by atoms with Crippen molar-refractivity contribution in [1.29, 1.82) is 0 Å². The highest BCUT2D eigenvalue weighted by Crippen LogP contribution is 2.28. The molecular formula is C15H18O6. The van der Waals surface area contributed by atoms with Crippen molar-refractivity contribution in [3.05, 3.63) is 28.8 Å². The van der Waals surface area contributed by atoms with Crippen LogP contribution < -0.4 is 0 Å². The molecule has 0 unspecified atom stereocenters. The van der Waals surface area contributed by atoms with Crippen molar-refractivity contribution in [2.45, 2.75) is 33.8 Å². The van der Waals surface area contributed by atoms with E-state index in [1.165, 1.54) is 19.1 Å². The zero-order valence-electron chi connectivity index (χ0n) is 12.2. The Kier molecular flexibility index (Phi) is 5.46. The van der Waals surface area contributed by atoms with Crippen LogP contribution in [0.5, 0.6) is 5.75 Å². The maximum atomic E-state index is 11.5. The van der Waals surface area contributed by atoms with Gasteiger partial charge >= 0.3 is 11.9 Å². The molecule has 0 heterocycles. The first kappa shape index (κ1) is 16.7. The van der Waals surface area contributed by atoms with Crippen LogP contribution in [0.4, 0.5) is 0 Å². The number of carboxylic acid groups (broad SMARTS) is 1. The Balaban J connectivity index is 3.16. The van der Waals surface area contributed by atoms with Crippen LogP contribution in [0.25, 0.3) is 0 Å². The van der Waals surface area contributed by atoms with Crippen molar-refractivity contribution in [3.63, 3.8) is 0 Å². The van der Waals surface area contributed by atoms with E-state index in [4.69, 9.17) is 9.84 Å². The Bertz CT molecular complexity index is 574. The summed E-state index contributed by atoms with van der Waals surface area (Å²) >= 11 is 0. The molecular weight excluding hydrogens is 276 g/mol. The van der Waals surface area contributed by atoms with Crippen molar-refractivity contribution in [1.82, 2.24) is 0 Å². The zero-order chi connectivity index (χ0) is 16.2. The Hall–Kier alpha value is -2.37. The Morgan fingerprint density at radius 2 is 1.86 bits per heavy atom. The third kappa shape index (κ3) is 4.30. The summed E-state index contributed by atoms with van der Waals surface area (Å²) < 4.78 is 5.02. The van der Waals surface area contributed by atoms with Crippen LogP contribution in [0.15, 0.2) is 12.1 Å². The molecule has 1 aromatic carbocycles. The summed E-state index contributed by atoms with van der Waals surface area (Å²) in [7, 11) is 0. The molecule has 0 saturated heterocycles. The molecule has 2 N–H and O–H groups in total. The van der Waals surface area contributed by atoms with Gasteiger partial charge in [-0.05, 0) is 18.6 Å². The number of aromatic hydroxyl groups is 1. The topological polar surface area (TPSA) is 101 Å². The lowest BCUT2D eigenvalue weighted by Crippen LogP contribution is -2.13. The lowest BCUT2D eigenvalue weighted by molar-refractivity contribution is -0.148. The number of hydrogen-bond acceptors (Lipinski definition) is 5. The second kappa shape index (κ2) is 6.88. The molecule has 0 saturated carbocycles. The molecule has 0 radical (unpaired) electrons. The fourth-order valence-electron chi connectivity index (χ4n) is 1.76. The number of carbonyl (C=O) groups excluding carboxylic acids is 2. The monoisotopic (exact) mass is 294 g/mol. The number of aromatic carboxylic acids is 1. The molecule has 0 aliphatic heterocycles. The van der Waals surface area contributed by atoms with Crippen LogP contribution in [0.2, 0.25) is 0 Å². The molecule has 0 spiro atoms.